The zero-order chi connectivity index (χ0) is 15.4. The number of piperazine rings is 1. The number of halogens is 1. The van der Waals surface area contributed by atoms with Gasteiger partial charge in [-0.2, -0.15) is 0 Å². The molecule has 0 unspecified atom stereocenters. The molecular formula is C18H22FN2O+. The third-order valence-corrected chi connectivity index (χ3v) is 4.25. The molecule has 22 heavy (non-hydrogen) atoms. The monoisotopic (exact) mass is 301 g/mol. The van der Waals surface area contributed by atoms with E-state index in [-0.39, 0.29) is 5.82 Å². The van der Waals surface area contributed by atoms with Crippen molar-refractivity contribution in [1.82, 2.24) is 0 Å². The van der Waals surface area contributed by atoms with Gasteiger partial charge in [-0.15, -0.1) is 0 Å². The molecule has 2 aromatic rings. The Morgan fingerprint density at radius 3 is 2.59 bits per heavy atom. The average molecular weight is 301 g/mol. The maximum absolute atomic E-state index is 13.8. The number of quaternary nitrogens is 1. The minimum absolute atomic E-state index is 0.126. The van der Waals surface area contributed by atoms with Gasteiger partial charge in [-0.25, -0.2) is 4.39 Å². The van der Waals surface area contributed by atoms with Crippen molar-refractivity contribution in [3.05, 3.63) is 59.9 Å². The van der Waals surface area contributed by atoms with Crippen molar-refractivity contribution in [2.24, 2.45) is 0 Å². The number of hydrogen-bond acceptors (Lipinski definition) is 2. The fraction of sp³-hybridized carbons (Fsp3) is 0.333. The predicted octanol–water partition coefficient (Wildman–Crippen LogP) is 1.74. The Bertz CT molecular complexity index is 624. The molecule has 1 saturated heterocycles. The summed E-state index contributed by atoms with van der Waals surface area (Å²) in [6.45, 7) is 4.81. The van der Waals surface area contributed by atoms with Crippen LogP contribution in [0.1, 0.15) is 5.56 Å². The summed E-state index contributed by atoms with van der Waals surface area (Å²) in [6.07, 6.45) is 0. The SMILES string of the molecule is COc1cccc(C[NH+]2CCN(c3ccccc3F)CC2)c1. The van der Waals surface area contributed by atoms with Crippen LogP contribution < -0.4 is 14.5 Å². The van der Waals surface area contributed by atoms with Crippen molar-refractivity contribution in [2.75, 3.05) is 38.2 Å². The lowest BCUT2D eigenvalue weighted by atomic mass is 10.1. The van der Waals surface area contributed by atoms with Crippen LogP contribution in [0.25, 0.3) is 0 Å². The second kappa shape index (κ2) is 6.79. The fourth-order valence-corrected chi connectivity index (χ4v) is 3.02. The zero-order valence-electron chi connectivity index (χ0n) is 12.9. The maximum atomic E-state index is 13.8. The first kappa shape index (κ1) is 14.9. The number of rotatable bonds is 4. The first-order valence-corrected chi connectivity index (χ1v) is 7.72. The van der Waals surface area contributed by atoms with Crippen LogP contribution in [-0.4, -0.2) is 33.3 Å². The number of ether oxygens (including phenoxy) is 1. The van der Waals surface area contributed by atoms with Gasteiger partial charge in [0.2, 0.25) is 0 Å². The van der Waals surface area contributed by atoms with Gasteiger partial charge in [-0.3, -0.25) is 0 Å². The maximum Gasteiger partial charge on any atom is 0.146 e. The molecule has 1 aliphatic rings. The number of anilines is 1. The molecule has 3 nitrogen and oxygen atoms in total. The molecule has 1 heterocycles. The molecule has 0 saturated carbocycles. The van der Waals surface area contributed by atoms with Crippen LogP contribution >= 0.6 is 0 Å². The van der Waals surface area contributed by atoms with Crippen LogP contribution in [0.15, 0.2) is 48.5 Å². The van der Waals surface area contributed by atoms with Crippen LogP contribution in [0, 0.1) is 5.82 Å². The van der Waals surface area contributed by atoms with Crippen molar-refractivity contribution >= 4 is 5.69 Å². The first-order valence-electron chi connectivity index (χ1n) is 7.72. The minimum atomic E-state index is -0.126. The Labute approximate surface area is 130 Å². The molecule has 1 aliphatic heterocycles. The average Bonchev–Trinajstić information content (AvgIpc) is 2.56. The molecule has 3 rings (SSSR count). The summed E-state index contributed by atoms with van der Waals surface area (Å²) >= 11 is 0. The molecule has 1 fully saturated rings. The summed E-state index contributed by atoms with van der Waals surface area (Å²) in [5, 5.41) is 0. The third-order valence-electron chi connectivity index (χ3n) is 4.25. The Hall–Kier alpha value is -2.07. The summed E-state index contributed by atoms with van der Waals surface area (Å²) in [7, 11) is 1.69. The third kappa shape index (κ3) is 3.39. The van der Waals surface area contributed by atoms with Gasteiger partial charge < -0.3 is 14.5 Å². The largest absolute Gasteiger partial charge is 0.497 e. The van der Waals surface area contributed by atoms with Crippen LogP contribution in [0.2, 0.25) is 0 Å². The number of para-hydroxylation sites is 1. The predicted molar refractivity (Wildman–Crippen MR) is 86.0 cm³/mol. The molecule has 0 aromatic heterocycles. The molecule has 0 bridgehead atoms. The van der Waals surface area contributed by atoms with Crippen molar-refractivity contribution in [3.8, 4) is 5.75 Å². The van der Waals surface area contributed by atoms with E-state index in [4.69, 9.17) is 4.74 Å². The smallest absolute Gasteiger partial charge is 0.146 e. The molecule has 4 heteroatoms. The van der Waals surface area contributed by atoms with Gasteiger partial charge in [0, 0.05) is 5.56 Å². The lowest BCUT2D eigenvalue weighted by Gasteiger charge is -2.33. The fourth-order valence-electron chi connectivity index (χ4n) is 3.02. The van der Waals surface area contributed by atoms with Crippen LogP contribution in [0.4, 0.5) is 10.1 Å². The van der Waals surface area contributed by atoms with E-state index < -0.39 is 0 Å². The Morgan fingerprint density at radius 1 is 1.09 bits per heavy atom. The van der Waals surface area contributed by atoms with Crippen LogP contribution in [-0.2, 0) is 6.54 Å². The number of methoxy groups -OCH3 is 1. The topological polar surface area (TPSA) is 16.9 Å². The first-order chi connectivity index (χ1) is 10.8. The second-order valence-corrected chi connectivity index (χ2v) is 5.72. The van der Waals surface area contributed by atoms with Crippen molar-refractivity contribution < 1.29 is 14.0 Å². The molecule has 0 aliphatic carbocycles. The Morgan fingerprint density at radius 2 is 1.86 bits per heavy atom. The van der Waals surface area contributed by atoms with Crippen LogP contribution in [0.5, 0.6) is 5.75 Å². The molecule has 2 aromatic carbocycles. The van der Waals surface area contributed by atoms with Crippen molar-refractivity contribution in [1.29, 1.82) is 0 Å². The van der Waals surface area contributed by atoms with Crippen LogP contribution in [0.3, 0.4) is 0 Å². The lowest BCUT2D eigenvalue weighted by Crippen LogP contribution is -3.13. The van der Waals surface area contributed by atoms with Gasteiger partial charge >= 0.3 is 0 Å². The van der Waals surface area contributed by atoms with E-state index in [2.05, 4.69) is 17.0 Å². The van der Waals surface area contributed by atoms with E-state index in [1.165, 1.54) is 16.5 Å². The molecule has 0 amide bonds. The molecule has 0 atom stereocenters. The Kier molecular flexibility index (Phi) is 4.59. The summed E-state index contributed by atoms with van der Waals surface area (Å²) < 4.78 is 19.1. The van der Waals surface area contributed by atoms with Crippen molar-refractivity contribution in [2.45, 2.75) is 6.54 Å². The molecular weight excluding hydrogens is 279 g/mol. The van der Waals surface area contributed by atoms with Gasteiger partial charge in [0.1, 0.15) is 18.1 Å². The summed E-state index contributed by atoms with van der Waals surface area (Å²) in [4.78, 5) is 3.67. The zero-order valence-corrected chi connectivity index (χ0v) is 12.9. The highest BCUT2D eigenvalue weighted by atomic mass is 19.1. The molecule has 116 valence electrons. The normalized spacial score (nSPS) is 15.8. The van der Waals surface area contributed by atoms with Gasteiger partial charge in [0.15, 0.2) is 0 Å². The second-order valence-electron chi connectivity index (χ2n) is 5.72. The number of nitrogens with zero attached hydrogens (tertiary/aromatic N) is 1. The standard InChI is InChI=1S/C18H21FN2O/c1-22-16-6-4-5-15(13-16)14-20-9-11-21(12-10-20)18-8-3-2-7-17(18)19/h2-8,13H,9-12,14H2,1H3/p+1. The van der Waals surface area contributed by atoms with E-state index in [0.29, 0.717) is 0 Å². The van der Waals surface area contributed by atoms with Crippen molar-refractivity contribution in [3.63, 3.8) is 0 Å². The van der Waals surface area contributed by atoms with E-state index in [9.17, 15) is 4.39 Å². The van der Waals surface area contributed by atoms with E-state index in [1.54, 1.807) is 13.2 Å². The van der Waals surface area contributed by atoms with Gasteiger partial charge in [0.25, 0.3) is 0 Å². The highest BCUT2D eigenvalue weighted by Crippen LogP contribution is 2.18. The number of benzene rings is 2. The Balaban J connectivity index is 1.59. The van der Waals surface area contributed by atoms with E-state index >= 15 is 0 Å². The minimum Gasteiger partial charge on any atom is -0.497 e. The number of hydrogen-bond donors (Lipinski definition) is 1. The van der Waals surface area contributed by atoms with Gasteiger partial charge in [0.05, 0.1) is 39.0 Å². The lowest BCUT2D eigenvalue weighted by molar-refractivity contribution is -0.914. The van der Waals surface area contributed by atoms with E-state index in [0.717, 1.165) is 44.2 Å². The summed E-state index contributed by atoms with van der Waals surface area (Å²) in [5.74, 6) is 0.778. The number of nitrogens with one attached hydrogen (secondary N) is 1. The van der Waals surface area contributed by atoms with Gasteiger partial charge in [-0.05, 0) is 24.3 Å². The quantitative estimate of drug-likeness (QED) is 0.926. The highest BCUT2D eigenvalue weighted by molar-refractivity contribution is 5.47. The van der Waals surface area contributed by atoms with Gasteiger partial charge in [-0.1, -0.05) is 24.3 Å². The molecule has 1 N–H and O–H groups in total. The summed E-state index contributed by atoms with van der Waals surface area (Å²) in [6, 6.07) is 15.3. The molecule has 0 spiro atoms. The van der Waals surface area contributed by atoms with E-state index in [1.807, 2.05) is 24.3 Å². The highest BCUT2D eigenvalue weighted by Gasteiger charge is 2.22. The summed E-state index contributed by atoms with van der Waals surface area (Å²) in [5.41, 5.74) is 2.01. The molecule has 0 radical (unpaired) electrons.